The molecule has 3 amide bonds. The Morgan fingerprint density at radius 1 is 1.08 bits per heavy atom. The van der Waals surface area contributed by atoms with E-state index in [0.717, 1.165) is 51.0 Å². The van der Waals surface area contributed by atoms with Crippen LogP contribution in [0.1, 0.15) is 32.1 Å². The Hall–Kier alpha value is -2.14. The molecule has 5 atom stereocenters. The molecule has 0 aliphatic carbocycles. The largest absolute Gasteiger partial charge is 0.396 e. The molecular weight excluding hydrogens is 492 g/mol. The van der Waals surface area contributed by atoms with Crippen LogP contribution in [-0.4, -0.2) is 101 Å². The van der Waals surface area contributed by atoms with E-state index in [4.69, 9.17) is 4.74 Å². The zero-order valence-corrected chi connectivity index (χ0v) is 22.1. The van der Waals surface area contributed by atoms with Crippen molar-refractivity contribution in [3.05, 3.63) is 30.3 Å². The molecule has 0 radical (unpaired) electrons. The Morgan fingerprint density at radius 2 is 1.86 bits per heavy atom. The molecule has 4 saturated heterocycles. The van der Waals surface area contributed by atoms with E-state index >= 15 is 0 Å². The average molecular weight is 531 g/mol. The molecule has 5 rings (SSSR count). The number of nitrogens with one attached hydrogen (secondary N) is 2. The van der Waals surface area contributed by atoms with Gasteiger partial charge in [-0.3, -0.25) is 19.3 Å². The van der Waals surface area contributed by atoms with E-state index in [0.29, 0.717) is 32.7 Å². The van der Waals surface area contributed by atoms with Gasteiger partial charge in [0.1, 0.15) is 6.04 Å². The van der Waals surface area contributed by atoms with Crippen LogP contribution in [0.25, 0.3) is 0 Å². The second kappa shape index (κ2) is 11.7. The second-order valence-corrected chi connectivity index (χ2v) is 12.1. The first-order valence-corrected chi connectivity index (χ1v) is 14.5. The molecular formula is C27H38N4O5S. The number of carbonyl (C=O) groups is 3. The summed E-state index contributed by atoms with van der Waals surface area (Å²) in [6.45, 7) is 4.99. The number of morpholine rings is 1. The van der Waals surface area contributed by atoms with Crippen molar-refractivity contribution in [2.24, 2.45) is 11.8 Å². The fourth-order valence-electron chi connectivity index (χ4n) is 6.57. The Bertz CT molecular complexity index is 975. The van der Waals surface area contributed by atoms with Crippen molar-refractivity contribution in [1.82, 2.24) is 15.1 Å². The van der Waals surface area contributed by atoms with E-state index in [2.05, 4.69) is 15.5 Å². The van der Waals surface area contributed by atoms with E-state index in [1.54, 1.807) is 16.7 Å². The molecule has 4 aliphatic rings. The molecule has 1 spiro atoms. The van der Waals surface area contributed by atoms with Gasteiger partial charge in [0.25, 0.3) is 0 Å². The average Bonchev–Trinajstić information content (AvgIpc) is 3.55. The molecule has 4 aliphatic heterocycles. The maximum atomic E-state index is 13.9. The van der Waals surface area contributed by atoms with Crippen molar-refractivity contribution >= 4 is 35.2 Å². The molecule has 2 bridgehead atoms. The maximum absolute atomic E-state index is 13.9. The normalized spacial score (nSPS) is 30.9. The zero-order chi connectivity index (χ0) is 25.8. The van der Waals surface area contributed by atoms with Crippen LogP contribution in [0.4, 0.5) is 5.69 Å². The second-order valence-electron chi connectivity index (χ2n) is 10.5. The highest BCUT2D eigenvalue weighted by molar-refractivity contribution is 8.02. The van der Waals surface area contributed by atoms with Crippen LogP contribution in [0.2, 0.25) is 0 Å². The van der Waals surface area contributed by atoms with Crippen LogP contribution >= 0.6 is 11.8 Å². The van der Waals surface area contributed by atoms with Crippen LogP contribution < -0.4 is 10.6 Å². The van der Waals surface area contributed by atoms with Gasteiger partial charge in [0, 0.05) is 50.3 Å². The van der Waals surface area contributed by atoms with Crippen LogP contribution in [0.5, 0.6) is 0 Å². The summed E-state index contributed by atoms with van der Waals surface area (Å²) in [5, 5.41) is 15.4. The van der Waals surface area contributed by atoms with Crippen LogP contribution in [0.3, 0.4) is 0 Å². The summed E-state index contributed by atoms with van der Waals surface area (Å²) in [5.74, 6) is -1.24. The van der Waals surface area contributed by atoms with Gasteiger partial charge in [0.05, 0.1) is 29.8 Å². The highest BCUT2D eigenvalue weighted by Crippen LogP contribution is 2.66. The Balaban J connectivity index is 1.33. The summed E-state index contributed by atoms with van der Waals surface area (Å²) >= 11 is 1.69. The summed E-state index contributed by atoms with van der Waals surface area (Å²) < 4.78 is 4.84. The third-order valence-corrected chi connectivity index (χ3v) is 10.2. The highest BCUT2D eigenvalue weighted by Gasteiger charge is 2.73. The van der Waals surface area contributed by atoms with Gasteiger partial charge in [0.2, 0.25) is 17.7 Å². The molecule has 37 heavy (non-hydrogen) atoms. The Kier molecular flexibility index (Phi) is 8.38. The number of hydrogen-bond acceptors (Lipinski definition) is 7. The lowest BCUT2D eigenvalue weighted by Gasteiger charge is -2.34. The van der Waals surface area contributed by atoms with Gasteiger partial charge >= 0.3 is 0 Å². The number of ether oxygens (including phenoxy) is 1. The zero-order valence-electron chi connectivity index (χ0n) is 21.3. The van der Waals surface area contributed by atoms with Crippen molar-refractivity contribution in [2.45, 2.75) is 48.1 Å². The first-order valence-electron chi connectivity index (χ1n) is 13.6. The van der Waals surface area contributed by atoms with Gasteiger partial charge in [-0.05, 0) is 44.2 Å². The number of benzene rings is 1. The molecule has 4 fully saturated rings. The topological polar surface area (TPSA) is 111 Å². The lowest BCUT2D eigenvalue weighted by molar-refractivity contribution is -0.139. The van der Waals surface area contributed by atoms with Gasteiger partial charge in [-0.1, -0.05) is 18.2 Å². The summed E-state index contributed by atoms with van der Waals surface area (Å²) in [5.41, 5.74) is 0.720. The van der Waals surface area contributed by atoms with Gasteiger partial charge < -0.3 is 25.4 Å². The smallest absolute Gasteiger partial charge is 0.244 e. The van der Waals surface area contributed by atoms with Gasteiger partial charge in [-0.15, -0.1) is 11.8 Å². The number of anilines is 1. The number of amides is 3. The molecule has 1 aromatic carbocycles. The van der Waals surface area contributed by atoms with Crippen molar-refractivity contribution < 1.29 is 24.2 Å². The summed E-state index contributed by atoms with van der Waals surface area (Å²) in [4.78, 5) is 45.2. The summed E-state index contributed by atoms with van der Waals surface area (Å²) in [6, 6.07) is 8.77. The van der Waals surface area contributed by atoms with E-state index in [-0.39, 0.29) is 29.6 Å². The summed E-state index contributed by atoms with van der Waals surface area (Å²) in [7, 11) is 0. The van der Waals surface area contributed by atoms with Crippen LogP contribution in [-0.2, 0) is 19.1 Å². The molecule has 0 saturated carbocycles. The molecule has 2 unspecified atom stereocenters. The number of fused-ring (bicyclic) bond motifs is 1. The highest BCUT2D eigenvalue weighted by atomic mass is 32.2. The van der Waals surface area contributed by atoms with E-state index in [9.17, 15) is 19.5 Å². The standard InChI is InChI=1S/C27H38N4O5S/c32-16-6-2-5-12-31-23(25(34)28-11-13-30-14-17-36-18-15-30)27-10-9-20(37-27)21(22(27)26(31)35)24(33)29-19-7-3-1-4-8-19/h1,3-4,7-8,20-23,32H,2,5-6,9-18H2,(H,28,34)(H,29,33)/t20-,21+,22+,23?,27?/m1/s1. The number of hydrogen-bond donors (Lipinski definition) is 3. The number of thioether (sulfide) groups is 1. The molecule has 10 heteroatoms. The SMILES string of the molecule is O=C(NCCN1CCOCC1)C1N(CCCCCO)C(=O)[C@@H]2[C@@H](C(=O)Nc3ccccc3)[C@H]3CCC12S3. The number of nitrogens with zero attached hydrogens (tertiary/aromatic N) is 2. The first-order chi connectivity index (χ1) is 18.0. The third-order valence-electron chi connectivity index (χ3n) is 8.28. The molecule has 4 heterocycles. The first kappa shape index (κ1) is 26.5. The van der Waals surface area contributed by atoms with E-state index < -0.39 is 22.6 Å². The predicted octanol–water partition coefficient (Wildman–Crippen LogP) is 1.33. The fraction of sp³-hybridized carbons (Fsp3) is 0.667. The number of likely N-dealkylation sites (tertiary alicyclic amines) is 1. The molecule has 202 valence electrons. The van der Waals surface area contributed by atoms with Gasteiger partial charge in [0.15, 0.2) is 0 Å². The number of aliphatic hydroxyl groups is 1. The van der Waals surface area contributed by atoms with Gasteiger partial charge in [-0.2, -0.15) is 0 Å². The number of carbonyl (C=O) groups excluding carboxylic acids is 3. The fourth-order valence-corrected chi connectivity index (χ4v) is 8.79. The van der Waals surface area contributed by atoms with Crippen molar-refractivity contribution in [3.63, 3.8) is 0 Å². The van der Waals surface area contributed by atoms with Crippen molar-refractivity contribution in [3.8, 4) is 0 Å². The maximum Gasteiger partial charge on any atom is 0.244 e. The van der Waals surface area contributed by atoms with Crippen LogP contribution in [0, 0.1) is 11.8 Å². The minimum absolute atomic E-state index is 0.0397. The lowest BCUT2D eigenvalue weighted by atomic mass is 9.70. The quantitative estimate of drug-likeness (QED) is 0.370. The number of rotatable bonds is 11. The third kappa shape index (κ3) is 5.26. The lowest BCUT2D eigenvalue weighted by Crippen LogP contribution is -2.54. The van der Waals surface area contributed by atoms with Crippen molar-refractivity contribution in [1.29, 1.82) is 0 Å². The number of para-hydroxylation sites is 1. The monoisotopic (exact) mass is 530 g/mol. The molecule has 1 aromatic rings. The number of unbranched alkanes of at least 4 members (excludes halogenated alkanes) is 2. The molecule has 9 nitrogen and oxygen atoms in total. The minimum Gasteiger partial charge on any atom is -0.396 e. The van der Waals surface area contributed by atoms with E-state index in [1.807, 2.05) is 30.3 Å². The van der Waals surface area contributed by atoms with Crippen LogP contribution in [0.15, 0.2) is 30.3 Å². The van der Waals surface area contributed by atoms with Crippen molar-refractivity contribution in [2.75, 3.05) is 57.9 Å². The Labute approximate surface area is 222 Å². The Morgan fingerprint density at radius 3 is 2.62 bits per heavy atom. The van der Waals surface area contributed by atoms with E-state index in [1.165, 1.54) is 0 Å². The number of aliphatic hydroxyl groups excluding tert-OH is 1. The minimum atomic E-state index is -0.576. The van der Waals surface area contributed by atoms with Gasteiger partial charge in [-0.25, -0.2) is 0 Å². The molecule has 3 N–H and O–H groups in total. The summed E-state index contributed by atoms with van der Waals surface area (Å²) in [6.07, 6.45) is 3.78. The molecule has 0 aromatic heterocycles. The predicted molar refractivity (Wildman–Crippen MR) is 142 cm³/mol.